The lowest BCUT2D eigenvalue weighted by atomic mass is 10.1. The van der Waals surface area contributed by atoms with Crippen LogP contribution in [0.5, 0.6) is 0 Å². The van der Waals surface area contributed by atoms with Crippen LogP contribution in [-0.4, -0.2) is 27.9 Å². The summed E-state index contributed by atoms with van der Waals surface area (Å²) in [5.74, 6) is 0. The molecule has 3 heteroatoms. The van der Waals surface area contributed by atoms with E-state index in [-0.39, 0.29) is 6.61 Å². The predicted molar refractivity (Wildman–Crippen MR) is 59.7 cm³/mol. The van der Waals surface area contributed by atoms with Crippen molar-refractivity contribution in [1.29, 1.82) is 0 Å². The molecular formula is C12H15NO2. The quantitative estimate of drug-likeness (QED) is 0.707. The number of fused-ring (bicyclic) bond motifs is 1. The number of hydrogen-bond donors (Lipinski definition) is 3. The van der Waals surface area contributed by atoms with Crippen molar-refractivity contribution in [2.45, 2.75) is 18.9 Å². The maximum Gasteiger partial charge on any atom is 0.0774 e. The maximum atomic E-state index is 9.23. The van der Waals surface area contributed by atoms with Crippen molar-refractivity contribution < 1.29 is 10.2 Å². The fourth-order valence-corrected chi connectivity index (χ4v) is 1.68. The van der Waals surface area contributed by atoms with Gasteiger partial charge in [0.1, 0.15) is 0 Å². The van der Waals surface area contributed by atoms with Crippen molar-refractivity contribution in [1.82, 2.24) is 4.98 Å². The number of aromatic nitrogens is 1. The van der Waals surface area contributed by atoms with E-state index >= 15 is 0 Å². The highest BCUT2D eigenvalue weighted by Gasteiger charge is 2.04. The summed E-state index contributed by atoms with van der Waals surface area (Å²) in [4.78, 5) is 3.28. The molecule has 0 aliphatic rings. The van der Waals surface area contributed by atoms with E-state index in [0.29, 0.717) is 6.42 Å². The third kappa shape index (κ3) is 2.37. The Bertz CT molecular complexity index is 403. The molecule has 0 fully saturated rings. The SMILES string of the molecule is OC[C@@H](O)CCc1cc2ccccc2[nH]1. The Balaban J connectivity index is 2.09. The minimum absolute atomic E-state index is 0.166. The van der Waals surface area contributed by atoms with Crippen LogP contribution in [0.1, 0.15) is 12.1 Å². The van der Waals surface area contributed by atoms with Crippen molar-refractivity contribution in [2.75, 3.05) is 6.61 Å². The van der Waals surface area contributed by atoms with Gasteiger partial charge in [0.15, 0.2) is 0 Å². The summed E-state index contributed by atoms with van der Waals surface area (Å²) < 4.78 is 0. The Hall–Kier alpha value is -1.32. The third-order valence-electron chi connectivity index (χ3n) is 2.54. The number of benzene rings is 1. The van der Waals surface area contributed by atoms with E-state index in [0.717, 1.165) is 17.6 Å². The van der Waals surface area contributed by atoms with Crippen LogP contribution >= 0.6 is 0 Å². The van der Waals surface area contributed by atoms with E-state index < -0.39 is 6.10 Å². The molecule has 1 aromatic heterocycles. The summed E-state index contributed by atoms with van der Waals surface area (Å²) in [6.45, 7) is -0.166. The van der Waals surface area contributed by atoms with Crippen LogP contribution in [0.4, 0.5) is 0 Å². The van der Waals surface area contributed by atoms with Gasteiger partial charge in [-0.3, -0.25) is 0 Å². The number of aliphatic hydroxyl groups excluding tert-OH is 2. The monoisotopic (exact) mass is 205 g/mol. The average Bonchev–Trinajstić information content (AvgIpc) is 2.68. The molecule has 0 spiro atoms. The first-order valence-electron chi connectivity index (χ1n) is 5.15. The molecule has 0 saturated carbocycles. The van der Waals surface area contributed by atoms with E-state index in [1.165, 1.54) is 5.39 Å². The van der Waals surface area contributed by atoms with Gasteiger partial charge >= 0.3 is 0 Å². The molecule has 0 amide bonds. The topological polar surface area (TPSA) is 56.2 Å². The summed E-state index contributed by atoms with van der Waals surface area (Å²) in [5.41, 5.74) is 2.22. The Morgan fingerprint density at radius 3 is 2.80 bits per heavy atom. The van der Waals surface area contributed by atoms with E-state index in [1.807, 2.05) is 18.2 Å². The Morgan fingerprint density at radius 2 is 2.07 bits per heavy atom. The van der Waals surface area contributed by atoms with Crippen LogP contribution in [0, 0.1) is 0 Å². The second kappa shape index (κ2) is 4.47. The van der Waals surface area contributed by atoms with Gasteiger partial charge in [-0.1, -0.05) is 18.2 Å². The number of aromatic amines is 1. The predicted octanol–water partition coefficient (Wildman–Crippen LogP) is 1.45. The average molecular weight is 205 g/mol. The van der Waals surface area contributed by atoms with E-state index in [1.54, 1.807) is 0 Å². The molecule has 2 rings (SSSR count). The van der Waals surface area contributed by atoms with Crippen LogP contribution in [-0.2, 0) is 6.42 Å². The van der Waals surface area contributed by atoms with Gasteiger partial charge in [0.2, 0.25) is 0 Å². The van der Waals surface area contributed by atoms with Gasteiger partial charge in [0, 0.05) is 11.2 Å². The smallest absolute Gasteiger partial charge is 0.0774 e. The molecule has 0 aliphatic heterocycles. The van der Waals surface area contributed by atoms with Crippen molar-refractivity contribution in [2.24, 2.45) is 0 Å². The van der Waals surface area contributed by atoms with Gasteiger partial charge in [0.25, 0.3) is 0 Å². The zero-order valence-electron chi connectivity index (χ0n) is 8.48. The lowest BCUT2D eigenvalue weighted by Crippen LogP contribution is -2.12. The highest BCUT2D eigenvalue weighted by atomic mass is 16.3. The summed E-state index contributed by atoms with van der Waals surface area (Å²) in [7, 11) is 0. The molecule has 1 atom stereocenters. The molecule has 1 heterocycles. The molecule has 0 saturated heterocycles. The molecule has 80 valence electrons. The van der Waals surface area contributed by atoms with E-state index in [4.69, 9.17) is 5.11 Å². The van der Waals surface area contributed by atoms with Crippen LogP contribution in [0.3, 0.4) is 0 Å². The number of aliphatic hydroxyl groups is 2. The molecular weight excluding hydrogens is 190 g/mol. The Labute approximate surface area is 88.4 Å². The Morgan fingerprint density at radius 1 is 1.27 bits per heavy atom. The number of hydrogen-bond acceptors (Lipinski definition) is 2. The van der Waals surface area contributed by atoms with Gasteiger partial charge in [-0.25, -0.2) is 0 Å². The summed E-state index contributed by atoms with van der Waals surface area (Å²) in [6, 6.07) is 10.2. The van der Waals surface area contributed by atoms with Gasteiger partial charge in [-0.2, -0.15) is 0 Å². The minimum atomic E-state index is -0.614. The summed E-state index contributed by atoms with van der Waals surface area (Å²) >= 11 is 0. The van der Waals surface area contributed by atoms with E-state index in [9.17, 15) is 5.11 Å². The first kappa shape index (κ1) is 10.2. The van der Waals surface area contributed by atoms with Crippen LogP contribution < -0.4 is 0 Å². The third-order valence-corrected chi connectivity index (χ3v) is 2.54. The molecule has 0 unspecified atom stereocenters. The lowest BCUT2D eigenvalue weighted by molar-refractivity contribution is 0.0884. The summed E-state index contributed by atoms with van der Waals surface area (Å²) in [6.07, 6.45) is 0.733. The normalized spacial score (nSPS) is 13.2. The molecule has 15 heavy (non-hydrogen) atoms. The van der Waals surface area contributed by atoms with Crippen molar-refractivity contribution in [3.05, 3.63) is 36.0 Å². The van der Waals surface area contributed by atoms with Crippen molar-refractivity contribution >= 4 is 10.9 Å². The zero-order valence-corrected chi connectivity index (χ0v) is 8.48. The van der Waals surface area contributed by atoms with Gasteiger partial charge in [-0.15, -0.1) is 0 Å². The minimum Gasteiger partial charge on any atom is -0.394 e. The Kier molecular flexibility index (Phi) is 3.04. The molecule has 0 radical (unpaired) electrons. The second-order valence-corrected chi connectivity index (χ2v) is 3.76. The molecule has 0 aliphatic carbocycles. The van der Waals surface area contributed by atoms with Crippen LogP contribution in [0.25, 0.3) is 10.9 Å². The summed E-state index contributed by atoms with van der Waals surface area (Å²) in [5, 5.41) is 19.1. The standard InChI is InChI=1S/C12H15NO2/c14-8-11(15)6-5-10-7-9-3-1-2-4-12(9)13-10/h1-4,7,11,13-15H,5-6,8H2/t11-/m0/s1. The second-order valence-electron chi connectivity index (χ2n) is 3.76. The number of para-hydroxylation sites is 1. The van der Waals surface area contributed by atoms with Gasteiger partial charge in [-0.05, 0) is 30.4 Å². The largest absolute Gasteiger partial charge is 0.394 e. The fourth-order valence-electron chi connectivity index (χ4n) is 1.68. The fraction of sp³-hybridized carbons (Fsp3) is 0.333. The molecule has 0 bridgehead atoms. The van der Waals surface area contributed by atoms with Gasteiger partial charge < -0.3 is 15.2 Å². The number of H-pyrrole nitrogens is 1. The lowest BCUT2D eigenvalue weighted by Gasteiger charge is -2.04. The highest BCUT2D eigenvalue weighted by molar-refractivity contribution is 5.80. The van der Waals surface area contributed by atoms with Crippen LogP contribution in [0.15, 0.2) is 30.3 Å². The molecule has 1 aromatic carbocycles. The first-order valence-corrected chi connectivity index (χ1v) is 5.15. The van der Waals surface area contributed by atoms with Gasteiger partial charge in [0.05, 0.1) is 12.7 Å². The van der Waals surface area contributed by atoms with E-state index in [2.05, 4.69) is 17.1 Å². The molecule has 2 aromatic rings. The first-order chi connectivity index (χ1) is 7.29. The number of aryl methyl sites for hydroxylation is 1. The number of rotatable bonds is 4. The highest BCUT2D eigenvalue weighted by Crippen LogP contribution is 2.15. The molecule has 3 N–H and O–H groups in total. The number of nitrogens with one attached hydrogen (secondary N) is 1. The van der Waals surface area contributed by atoms with Crippen molar-refractivity contribution in [3.63, 3.8) is 0 Å². The molecule has 3 nitrogen and oxygen atoms in total. The maximum absolute atomic E-state index is 9.23. The van der Waals surface area contributed by atoms with Crippen molar-refractivity contribution in [3.8, 4) is 0 Å². The zero-order chi connectivity index (χ0) is 10.7. The van der Waals surface area contributed by atoms with Crippen LogP contribution in [0.2, 0.25) is 0 Å².